The molecule has 0 N–H and O–H groups in total. The monoisotopic (exact) mass is 389 g/mol. The van der Waals surface area contributed by atoms with E-state index in [1.54, 1.807) is 12.1 Å². The quantitative estimate of drug-likeness (QED) is 0.612. The Bertz CT molecular complexity index is 990. The number of ether oxygens (including phenoxy) is 1. The maximum absolute atomic E-state index is 13.4. The molecular formula is C24H20FNO3. The number of carbonyl (C=O) groups is 2. The first-order valence-corrected chi connectivity index (χ1v) is 9.47. The summed E-state index contributed by atoms with van der Waals surface area (Å²) in [5.41, 5.74) is 2.59. The predicted octanol–water partition coefficient (Wildman–Crippen LogP) is 5.07. The van der Waals surface area contributed by atoms with Gasteiger partial charge in [-0.15, -0.1) is 0 Å². The van der Waals surface area contributed by atoms with Gasteiger partial charge in [0, 0.05) is 12.3 Å². The molecule has 0 saturated carbocycles. The zero-order valence-electron chi connectivity index (χ0n) is 15.7. The molecule has 1 unspecified atom stereocenters. The number of benzene rings is 3. The van der Waals surface area contributed by atoms with Gasteiger partial charge in [-0.25, -0.2) is 14.1 Å². The van der Waals surface area contributed by atoms with E-state index in [2.05, 4.69) is 0 Å². The fourth-order valence-corrected chi connectivity index (χ4v) is 3.70. The molecule has 1 aliphatic heterocycles. The lowest BCUT2D eigenvalue weighted by Gasteiger charge is -2.23. The number of nitrogens with zero attached hydrogens (tertiary/aromatic N) is 1. The number of hydrogen-bond donors (Lipinski definition) is 0. The molecule has 1 fully saturated rings. The van der Waals surface area contributed by atoms with Crippen LogP contribution < -0.4 is 0 Å². The molecular weight excluding hydrogens is 369 g/mol. The van der Waals surface area contributed by atoms with Gasteiger partial charge in [0.25, 0.3) is 0 Å². The van der Waals surface area contributed by atoms with Crippen LogP contribution in [-0.4, -0.2) is 23.5 Å². The summed E-state index contributed by atoms with van der Waals surface area (Å²) in [6, 6.07) is 24.6. The van der Waals surface area contributed by atoms with Gasteiger partial charge in [0.15, 0.2) is 0 Å². The van der Waals surface area contributed by atoms with Crippen LogP contribution in [-0.2, 0) is 9.53 Å². The smallest absolute Gasteiger partial charge is 0.417 e. The molecule has 2 atom stereocenters. The van der Waals surface area contributed by atoms with E-state index >= 15 is 0 Å². The summed E-state index contributed by atoms with van der Waals surface area (Å²) >= 11 is 0. The van der Waals surface area contributed by atoms with Crippen LogP contribution in [0.25, 0.3) is 0 Å². The number of carbonyl (C=O) groups excluding carboxylic acids is 2. The zero-order valence-corrected chi connectivity index (χ0v) is 15.7. The largest absolute Gasteiger partial charge is 0.446 e. The van der Waals surface area contributed by atoms with Crippen molar-refractivity contribution in [2.45, 2.75) is 18.4 Å². The Morgan fingerprint density at radius 2 is 1.52 bits per heavy atom. The molecule has 4 rings (SSSR count). The van der Waals surface area contributed by atoms with E-state index in [1.165, 1.54) is 17.0 Å². The van der Waals surface area contributed by atoms with Gasteiger partial charge in [-0.3, -0.25) is 4.79 Å². The van der Waals surface area contributed by atoms with Crippen molar-refractivity contribution in [1.29, 1.82) is 0 Å². The lowest BCUT2D eigenvalue weighted by Crippen LogP contribution is -2.35. The third kappa shape index (κ3) is 4.04. The van der Waals surface area contributed by atoms with Crippen molar-refractivity contribution in [2.24, 2.45) is 0 Å². The summed E-state index contributed by atoms with van der Waals surface area (Å²) in [6.07, 6.45) is -0.552. The minimum atomic E-state index is -0.630. The third-order valence-electron chi connectivity index (χ3n) is 5.18. The SMILES string of the molecule is O=C(CC(c1ccccc1)c1ccc(F)cc1)N1C(=O)OC[C@H]1c1ccccc1. The second-order valence-electron chi connectivity index (χ2n) is 6.99. The molecule has 3 aromatic carbocycles. The highest BCUT2D eigenvalue weighted by Crippen LogP contribution is 2.33. The molecule has 1 aliphatic rings. The summed E-state index contributed by atoms with van der Waals surface area (Å²) < 4.78 is 18.6. The Morgan fingerprint density at radius 1 is 0.931 bits per heavy atom. The highest BCUT2D eigenvalue weighted by Gasteiger charge is 2.39. The first-order valence-electron chi connectivity index (χ1n) is 9.47. The first-order chi connectivity index (χ1) is 14.1. The van der Waals surface area contributed by atoms with Crippen molar-refractivity contribution in [2.75, 3.05) is 6.61 Å². The van der Waals surface area contributed by atoms with Gasteiger partial charge >= 0.3 is 6.09 Å². The second kappa shape index (κ2) is 8.27. The minimum Gasteiger partial charge on any atom is -0.446 e. The van der Waals surface area contributed by atoms with E-state index in [9.17, 15) is 14.0 Å². The molecule has 1 saturated heterocycles. The van der Waals surface area contributed by atoms with Gasteiger partial charge in [-0.2, -0.15) is 0 Å². The average Bonchev–Trinajstić information content (AvgIpc) is 3.15. The predicted molar refractivity (Wildman–Crippen MR) is 107 cm³/mol. The van der Waals surface area contributed by atoms with E-state index in [0.29, 0.717) is 0 Å². The molecule has 0 radical (unpaired) electrons. The molecule has 3 aromatic rings. The molecule has 2 amide bonds. The van der Waals surface area contributed by atoms with Crippen LogP contribution in [0.2, 0.25) is 0 Å². The van der Waals surface area contributed by atoms with Crippen LogP contribution in [0.3, 0.4) is 0 Å². The van der Waals surface area contributed by atoms with Gasteiger partial charge in [0.1, 0.15) is 18.5 Å². The van der Waals surface area contributed by atoms with Crippen molar-refractivity contribution in [1.82, 2.24) is 4.90 Å². The summed E-state index contributed by atoms with van der Waals surface area (Å²) in [5, 5.41) is 0. The Hall–Kier alpha value is -3.47. The lowest BCUT2D eigenvalue weighted by molar-refractivity contribution is -0.129. The van der Waals surface area contributed by atoms with Crippen molar-refractivity contribution >= 4 is 12.0 Å². The van der Waals surface area contributed by atoms with Crippen molar-refractivity contribution < 1.29 is 18.7 Å². The average molecular weight is 389 g/mol. The number of hydrogen-bond acceptors (Lipinski definition) is 3. The minimum absolute atomic E-state index is 0.0775. The van der Waals surface area contributed by atoms with Gasteiger partial charge in [-0.1, -0.05) is 72.8 Å². The maximum atomic E-state index is 13.4. The first kappa shape index (κ1) is 18.9. The summed E-state index contributed by atoms with van der Waals surface area (Å²) in [6.45, 7) is 0.140. The fourth-order valence-electron chi connectivity index (χ4n) is 3.70. The van der Waals surface area contributed by atoms with Crippen molar-refractivity contribution in [3.8, 4) is 0 Å². The van der Waals surface area contributed by atoms with Crippen molar-refractivity contribution in [3.63, 3.8) is 0 Å². The number of imide groups is 1. The number of halogens is 1. The number of amides is 2. The van der Waals surface area contributed by atoms with Crippen LogP contribution in [0.5, 0.6) is 0 Å². The van der Waals surface area contributed by atoms with Crippen LogP contribution in [0.15, 0.2) is 84.9 Å². The molecule has 5 heteroatoms. The van der Waals surface area contributed by atoms with Gasteiger partial charge in [0.05, 0.1) is 0 Å². The summed E-state index contributed by atoms with van der Waals surface area (Å²) in [7, 11) is 0. The molecule has 146 valence electrons. The molecule has 0 spiro atoms. The Balaban J connectivity index is 1.63. The normalized spacial score (nSPS) is 17.1. The Kier molecular flexibility index (Phi) is 5.38. The van der Waals surface area contributed by atoms with Gasteiger partial charge in [-0.05, 0) is 28.8 Å². The van der Waals surface area contributed by atoms with Crippen LogP contribution in [0, 0.1) is 5.82 Å². The topological polar surface area (TPSA) is 46.6 Å². The Morgan fingerprint density at radius 3 is 2.17 bits per heavy atom. The summed E-state index contributed by atoms with van der Waals surface area (Å²) in [4.78, 5) is 26.7. The fraction of sp³-hybridized carbons (Fsp3) is 0.167. The number of cyclic esters (lactones) is 1. The van der Waals surface area contributed by atoms with Crippen molar-refractivity contribution in [3.05, 3.63) is 107 Å². The zero-order chi connectivity index (χ0) is 20.2. The standard InChI is InChI=1S/C24H20FNO3/c25-20-13-11-18(12-14-20)21(17-7-3-1-4-8-17)15-23(27)26-22(16-29-24(26)28)19-9-5-2-6-10-19/h1-14,21-22H,15-16H2/t21?,22-/m0/s1. The van der Waals surface area contributed by atoms with Gasteiger partial charge < -0.3 is 4.74 Å². The molecule has 1 heterocycles. The van der Waals surface area contributed by atoms with E-state index in [-0.39, 0.29) is 30.7 Å². The molecule has 29 heavy (non-hydrogen) atoms. The molecule has 0 aliphatic carbocycles. The highest BCUT2D eigenvalue weighted by molar-refractivity contribution is 5.94. The van der Waals surface area contributed by atoms with Crippen LogP contribution in [0.1, 0.15) is 35.1 Å². The van der Waals surface area contributed by atoms with E-state index < -0.39 is 12.1 Å². The second-order valence-corrected chi connectivity index (χ2v) is 6.99. The van der Waals surface area contributed by atoms with E-state index in [4.69, 9.17) is 4.74 Å². The number of rotatable bonds is 5. The van der Waals surface area contributed by atoms with Crippen LogP contribution in [0.4, 0.5) is 9.18 Å². The van der Waals surface area contributed by atoms with Crippen LogP contribution >= 0.6 is 0 Å². The van der Waals surface area contributed by atoms with E-state index in [1.807, 2.05) is 60.7 Å². The lowest BCUT2D eigenvalue weighted by atomic mass is 9.88. The maximum Gasteiger partial charge on any atom is 0.417 e. The molecule has 0 aromatic heterocycles. The third-order valence-corrected chi connectivity index (χ3v) is 5.18. The Labute approximate surface area is 168 Å². The van der Waals surface area contributed by atoms with E-state index in [0.717, 1.165) is 16.7 Å². The van der Waals surface area contributed by atoms with Gasteiger partial charge in [0.2, 0.25) is 5.91 Å². The highest BCUT2D eigenvalue weighted by atomic mass is 19.1. The molecule has 0 bridgehead atoms. The summed E-state index contributed by atoms with van der Waals surface area (Å²) in [5.74, 6) is -0.951. The molecule has 4 nitrogen and oxygen atoms in total.